The third-order valence-electron chi connectivity index (χ3n) is 7.89. The molecule has 6 atom stereocenters. The van der Waals surface area contributed by atoms with Crippen molar-refractivity contribution in [3.8, 4) is 0 Å². The van der Waals surface area contributed by atoms with Crippen LogP contribution in [-0.2, 0) is 30.4 Å². The lowest BCUT2D eigenvalue weighted by Gasteiger charge is -2.27. The lowest BCUT2D eigenvalue weighted by atomic mass is 10.00. The first-order chi connectivity index (χ1) is 23.2. The summed E-state index contributed by atoms with van der Waals surface area (Å²) in [4.78, 5) is 86.7. The summed E-state index contributed by atoms with van der Waals surface area (Å²) < 4.78 is 0. The molecule has 5 amide bonds. The fourth-order valence-corrected chi connectivity index (χ4v) is 6.40. The molecular weight excluding hydrogens is 654 g/mol. The number of aliphatic hydroxyl groups excluding tert-OH is 1. The van der Waals surface area contributed by atoms with Crippen LogP contribution in [0.1, 0.15) is 50.0 Å². The van der Waals surface area contributed by atoms with Gasteiger partial charge in [-0.25, -0.2) is 4.79 Å². The monoisotopic (exact) mass is 695 g/mol. The molecule has 16 heteroatoms. The number of aliphatic carboxylic acids is 1. The summed E-state index contributed by atoms with van der Waals surface area (Å²) in [6.07, 6.45) is 1.58. The third kappa shape index (κ3) is 9.57. The second-order valence-corrected chi connectivity index (χ2v) is 13.3. The van der Waals surface area contributed by atoms with Crippen molar-refractivity contribution in [1.29, 1.82) is 0 Å². The number of carbonyl (C=O) groups excluding carboxylic acids is 5. The smallest absolute Gasteiger partial charge is 0.327 e. The summed E-state index contributed by atoms with van der Waals surface area (Å²) in [6.45, 7) is 6.34. The van der Waals surface area contributed by atoms with Crippen molar-refractivity contribution in [2.75, 3.05) is 5.75 Å². The maximum Gasteiger partial charge on any atom is 0.327 e. The van der Waals surface area contributed by atoms with Crippen molar-refractivity contribution >= 4 is 58.2 Å². The number of carboxylic acid groups (broad SMARTS) is 1. The molecule has 0 radical (unpaired) electrons. The first-order valence-electron chi connectivity index (χ1n) is 15.8. The number of aromatic nitrogens is 2. The molecule has 3 heterocycles. The summed E-state index contributed by atoms with van der Waals surface area (Å²) in [5, 5.41) is 34.4. The van der Waals surface area contributed by atoms with Crippen molar-refractivity contribution in [3.05, 3.63) is 59.9 Å². The Morgan fingerprint density at radius 3 is 2.35 bits per heavy atom. The lowest BCUT2D eigenvalue weighted by Crippen LogP contribution is -2.60. The summed E-state index contributed by atoms with van der Waals surface area (Å²) in [5.74, 6) is -5.29. The second-order valence-electron chi connectivity index (χ2n) is 12.3. The topological polar surface area (TPSA) is 232 Å². The van der Waals surface area contributed by atoms with Crippen molar-refractivity contribution in [2.45, 2.75) is 81.9 Å². The van der Waals surface area contributed by atoms with Crippen LogP contribution < -0.4 is 26.6 Å². The molecule has 0 saturated carbocycles. The van der Waals surface area contributed by atoms with Gasteiger partial charge in [-0.15, -0.1) is 11.8 Å². The number of rotatable bonds is 6. The zero-order chi connectivity index (χ0) is 35.8. The predicted molar refractivity (Wildman–Crippen MR) is 180 cm³/mol. The number of aliphatic hydroxyl groups is 1. The van der Waals surface area contributed by atoms with Crippen molar-refractivity contribution in [3.63, 3.8) is 0 Å². The molecule has 1 aliphatic rings. The van der Waals surface area contributed by atoms with Crippen LogP contribution in [0.5, 0.6) is 0 Å². The summed E-state index contributed by atoms with van der Waals surface area (Å²) in [7, 11) is 0. The Hall–Kier alpha value is -4.96. The Kier molecular flexibility index (Phi) is 12.4. The number of para-hydroxylation sites is 1. The first kappa shape index (κ1) is 36.9. The van der Waals surface area contributed by atoms with Crippen LogP contribution in [0.3, 0.4) is 0 Å². The minimum Gasteiger partial charge on any atom is -0.480 e. The van der Waals surface area contributed by atoms with Crippen molar-refractivity contribution in [2.24, 2.45) is 5.92 Å². The van der Waals surface area contributed by atoms with Crippen LogP contribution in [-0.4, -0.2) is 97.8 Å². The minimum absolute atomic E-state index is 0.0623. The number of carboxylic acids is 1. The lowest BCUT2D eigenvalue weighted by molar-refractivity contribution is -0.142. The van der Waals surface area contributed by atoms with E-state index in [1.54, 1.807) is 24.3 Å². The molecule has 0 saturated heterocycles. The van der Waals surface area contributed by atoms with Crippen LogP contribution in [0.25, 0.3) is 10.9 Å². The van der Waals surface area contributed by atoms with Gasteiger partial charge in [-0.05, 0) is 49.9 Å². The maximum atomic E-state index is 14.1. The molecule has 262 valence electrons. The van der Waals surface area contributed by atoms with E-state index in [1.807, 2.05) is 19.9 Å². The van der Waals surface area contributed by atoms with E-state index in [4.69, 9.17) is 0 Å². The SMILES string of the molecule is CC(C)C[C@@H]1NC(=O)[C@@H](NC(=O)c2cccnc2)Cc2c([nH]c3ccccc23)SC[C@@H](C(=O)O)NC(=O)[C@H]([C@@H](C)O)NC(=O)[C@@H](C)NC1=O. The molecule has 15 nitrogen and oxygen atoms in total. The zero-order valence-corrected chi connectivity index (χ0v) is 28.3. The highest BCUT2D eigenvalue weighted by molar-refractivity contribution is 7.99. The molecule has 0 bridgehead atoms. The molecule has 0 spiro atoms. The molecule has 1 aliphatic heterocycles. The predicted octanol–water partition coefficient (Wildman–Crippen LogP) is 0.480. The zero-order valence-electron chi connectivity index (χ0n) is 27.5. The highest BCUT2D eigenvalue weighted by Gasteiger charge is 2.34. The number of carbonyl (C=O) groups is 6. The second kappa shape index (κ2) is 16.4. The largest absolute Gasteiger partial charge is 0.480 e. The Labute approximate surface area is 286 Å². The van der Waals surface area contributed by atoms with Gasteiger partial charge in [-0.2, -0.15) is 0 Å². The van der Waals surface area contributed by atoms with E-state index in [-0.39, 0.29) is 30.1 Å². The van der Waals surface area contributed by atoms with E-state index < -0.39 is 71.8 Å². The van der Waals surface area contributed by atoms with Crippen LogP contribution in [0.2, 0.25) is 0 Å². The fourth-order valence-electron chi connectivity index (χ4n) is 5.29. The molecule has 0 fully saturated rings. The van der Waals surface area contributed by atoms with Gasteiger partial charge in [0.1, 0.15) is 30.2 Å². The highest BCUT2D eigenvalue weighted by Crippen LogP contribution is 2.31. The summed E-state index contributed by atoms with van der Waals surface area (Å²) in [5.41, 5.74) is 1.48. The molecule has 49 heavy (non-hydrogen) atoms. The van der Waals surface area contributed by atoms with Crippen LogP contribution in [0.15, 0.2) is 53.8 Å². The molecule has 0 unspecified atom stereocenters. The number of H-pyrrole nitrogens is 1. The average Bonchev–Trinajstić information content (AvgIpc) is 3.40. The Morgan fingerprint density at radius 2 is 1.69 bits per heavy atom. The number of amides is 5. The number of benzene rings is 1. The van der Waals surface area contributed by atoms with Gasteiger partial charge in [0.25, 0.3) is 5.91 Å². The van der Waals surface area contributed by atoms with E-state index in [1.165, 1.54) is 32.3 Å². The molecule has 2 aromatic heterocycles. The standard InChI is InChI=1S/C33H41N7O8S/c1-16(2)12-23-29(44)35-17(3)27(42)40-26(18(4)41)31(46)38-25(33(47)48)15-49-32-21(20-9-5-6-10-22(20)39-32)13-24(30(45)37-23)36-28(43)19-8-7-11-34-14-19/h5-11,14,16-18,23-26,39,41H,12-13,15H2,1-4H3,(H,35,44)(H,36,43)(H,37,45)(H,38,46)(H,40,42)(H,47,48)/t17-,18-,23+,24+,25+,26+/m1/s1. The van der Waals surface area contributed by atoms with Gasteiger partial charge in [0.05, 0.1) is 16.7 Å². The van der Waals surface area contributed by atoms with Gasteiger partial charge in [0.15, 0.2) is 0 Å². The first-order valence-corrected chi connectivity index (χ1v) is 16.8. The quantitative estimate of drug-likeness (QED) is 0.178. The van der Waals surface area contributed by atoms with Gasteiger partial charge >= 0.3 is 5.97 Å². The normalized spacial score (nSPS) is 23.6. The highest BCUT2D eigenvalue weighted by atomic mass is 32.2. The van der Waals surface area contributed by atoms with Gasteiger partial charge in [-0.3, -0.25) is 29.0 Å². The van der Waals surface area contributed by atoms with E-state index in [9.17, 15) is 39.0 Å². The Bertz CT molecular complexity index is 1700. The van der Waals surface area contributed by atoms with Gasteiger partial charge in [-0.1, -0.05) is 32.0 Å². The van der Waals surface area contributed by atoms with Crippen molar-refractivity contribution in [1.82, 2.24) is 36.6 Å². The Morgan fingerprint density at radius 1 is 0.959 bits per heavy atom. The minimum atomic E-state index is -1.53. The Balaban J connectivity index is 1.80. The van der Waals surface area contributed by atoms with E-state index in [0.29, 0.717) is 21.5 Å². The molecule has 8 N–H and O–H groups in total. The van der Waals surface area contributed by atoms with Gasteiger partial charge in [0, 0.05) is 35.5 Å². The molecule has 3 aromatic rings. The summed E-state index contributed by atoms with van der Waals surface area (Å²) >= 11 is 1.07. The van der Waals surface area contributed by atoms with E-state index >= 15 is 0 Å². The maximum absolute atomic E-state index is 14.1. The summed E-state index contributed by atoms with van der Waals surface area (Å²) in [6, 6.07) is 3.82. The van der Waals surface area contributed by atoms with E-state index in [2.05, 4.69) is 36.6 Å². The molecule has 4 rings (SSSR count). The van der Waals surface area contributed by atoms with Gasteiger partial charge in [0.2, 0.25) is 23.6 Å². The average molecular weight is 696 g/mol. The number of fused-ring (bicyclic) bond motifs is 3. The van der Waals surface area contributed by atoms with E-state index in [0.717, 1.165) is 11.8 Å². The number of thioether (sulfide) groups is 1. The van der Waals surface area contributed by atoms with Crippen molar-refractivity contribution < 1.29 is 39.0 Å². The number of aromatic amines is 1. The molecule has 0 aliphatic carbocycles. The van der Waals surface area contributed by atoms with Crippen LogP contribution >= 0.6 is 11.8 Å². The molecule has 1 aromatic carbocycles. The third-order valence-corrected chi connectivity index (χ3v) is 9.03. The molecular formula is C33H41N7O8S. The fraction of sp³-hybridized carbons (Fsp3) is 0.424. The number of nitrogens with one attached hydrogen (secondary N) is 6. The van der Waals surface area contributed by atoms with Crippen LogP contribution in [0.4, 0.5) is 0 Å². The van der Waals surface area contributed by atoms with Crippen LogP contribution in [0, 0.1) is 5.92 Å². The number of nitrogens with zero attached hydrogens (tertiary/aromatic N) is 1. The number of hydrogen-bond donors (Lipinski definition) is 8. The number of hydrogen-bond acceptors (Lipinski definition) is 9. The van der Waals surface area contributed by atoms with Gasteiger partial charge < -0.3 is 41.8 Å². The number of pyridine rings is 1.